The van der Waals surface area contributed by atoms with Crippen molar-refractivity contribution in [2.75, 3.05) is 6.61 Å². The van der Waals surface area contributed by atoms with E-state index < -0.39 is 16.8 Å². The van der Waals surface area contributed by atoms with E-state index in [4.69, 9.17) is 0 Å². The summed E-state index contributed by atoms with van der Waals surface area (Å²) in [6, 6.07) is 5.27. The zero-order chi connectivity index (χ0) is 14.3. The van der Waals surface area contributed by atoms with Gasteiger partial charge >= 0.3 is 5.97 Å². The van der Waals surface area contributed by atoms with Crippen molar-refractivity contribution in [3.63, 3.8) is 0 Å². The summed E-state index contributed by atoms with van der Waals surface area (Å²) in [6.45, 7) is 1.90. The summed E-state index contributed by atoms with van der Waals surface area (Å²) in [5, 5.41) is 12.9. The monoisotopic (exact) mass is 264 g/mol. The van der Waals surface area contributed by atoms with Gasteiger partial charge in [0.25, 0.3) is 11.6 Å². The first-order valence-electron chi connectivity index (χ1n) is 5.43. The van der Waals surface area contributed by atoms with Crippen molar-refractivity contribution in [2.24, 2.45) is 0 Å². The lowest BCUT2D eigenvalue weighted by Gasteiger charge is -2.00. The van der Waals surface area contributed by atoms with Crippen LogP contribution < -0.4 is 5.32 Å². The van der Waals surface area contributed by atoms with Gasteiger partial charge in [-0.15, -0.1) is 0 Å². The van der Waals surface area contributed by atoms with Gasteiger partial charge in [0.1, 0.15) is 0 Å². The minimum atomic E-state index is -0.592. The van der Waals surface area contributed by atoms with Crippen LogP contribution in [0.3, 0.4) is 0 Å². The van der Waals surface area contributed by atoms with Crippen LogP contribution in [0.1, 0.15) is 17.3 Å². The van der Waals surface area contributed by atoms with E-state index in [1.165, 1.54) is 18.2 Å². The standard InChI is InChI=1S/C12H12N2O5/c1-2-19-11(15)6-7-13-12(16)9-4-3-5-10(8-9)14(17)18/h3-8H,2H2,1H3,(H,13,16)/b7-6-. The fourth-order valence-corrected chi connectivity index (χ4v) is 1.22. The molecule has 0 aliphatic rings. The van der Waals surface area contributed by atoms with Crippen LogP contribution >= 0.6 is 0 Å². The number of carbonyl (C=O) groups excluding carboxylic acids is 2. The first-order chi connectivity index (χ1) is 9.04. The molecule has 0 heterocycles. The van der Waals surface area contributed by atoms with Crippen LogP contribution in [-0.4, -0.2) is 23.4 Å². The number of hydrogen-bond acceptors (Lipinski definition) is 5. The molecule has 7 heteroatoms. The highest BCUT2D eigenvalue weighted by molar-refractivity contribution is 5.95. The molecule has 7 nitrogen and oxygen atoms in total. The smallest absolute Gasteiger partial charge is 0.332 e. The van der Waals surface area contributed by atoms with Crippen molar-refractivity contribution in [3.8, 4) is 0 Å². The fraction of sp³-hybridized carbons (Fsp3) is 0.167. The molecule has 0 radical (unpaired) electrons. The van der Waals surface area contributed by atoms with Gasteiger partial charge in [0, 0.05) is 30.0 Å². The molecule has 0 aliphatic heterocycles. The maximum Gasteiger partial charge on any atom is 0.332 e. The van der Waals surface area contributed by atoms with E-state index in [1.54, 1.807) is 6.92 Å². The third-order valence-electron chi connectivity index (χ3n) is 2.04. The number of nitrogens with zero attached hydrogens (tertiary/aromatic N) is 1. The van der Waals surface area contributed by atoms with Crippen molar-refractivity contribution in [1.82, 2.24) is 5.32 Å². The Kier molecular flexibility index (Phi) is 5.21. The number of nitro groups is 1. The normalized spacial score (nSPS) is 10.2. The molecule has 1 aromatic rings. The Bertz CT molecular complexity index is 525. The lowest BCUT2D eigenvalue weighted by atomic mass is 10.2. The Morgan fingerprint density at radius 2 is 2.21 bits per heavy atom. The minimum absolute atomic E-state index is 0.128. The van der Waals surface area contributed by atoms with Gasteiger partial charge in [-0.3, -0.25) is 14.9 Å². The maximum atomic E-state index is 11.6. The summed E-state index contributed by atoms with van der Waals surface area (Å²) < 4.78 is 4.61. The number of ether oxygens (including phenoxy) is 1. The highest BCUT2D eigenvalue weighted by atomic mass is 16.6. The molecule has 0 fully saturated rings. The molecule has 0 bridgehead atoms. The van der Waals surface area contributed by atoms with E-state index in [0.29, 0.717) is 0 Å². The molecule has 1 aromatic carbocycles. The molecule has 100 valence electrons. The molecule has 0 unspecified atom stereocenters. The predicted octanol–water partition coefficient (Wildman–Crippen LogP) is 1.40. The van der Waals surface area contributed by atoms with Gasteiger partial charge in [0.05, 0.1) is 11.5 Å². The second kappa shape index (κ2) is 6.90. The molecular weight excluding hydrogens is 252 g/mol. The molecule has 19 heavy (non-hydrogen) atoms. The summed E-state index contributed by atoms with van der Waals surface area (Å²) in [7, 11) is 0. The third kappa shape index (κ3) is 4.58. The lowest BCUT2D eigenvalue weighted by molar-refractivity contribution is -0.384. The molecule has 0 aliphatic carbocycles. The summed E-state index contributed by atoms with van der Waals surface area (Å²) in [4.78, 5) is 32.5. The number of esters is 1. The first kappa shape index (κ1) is 14.4. The van der Waals surface area contributed by atoms with Crippen LogP contribution in [0.25, 0.3) is 0 Å². The zero-order valence-electron chi connectivity index (χ0n) is 10.2. The summed E-state index contributed by atoms with van der Waals surface area (Å²) >= 11 is 0. The van der Waals surface area contributed by atoms with Crippen molar-refractivity contribution >= 4 is 17.6 Å². The van der Waals surface area contributed by atoms with Gasteiger partial charge in [0.15, 0.2) is 0 Å². The van der Waals surface area contributed by atoms with Crippen LogP contribution in [-0.2, 0) is 9.53 Å². The quantitative estimate of drug-likeness (QED) is 0.375. The van der Waals surface area contributed by atoms with Crippen molar-refractivity contribution in [1.29, 1.82) is 0 Å². The number of nitro benzene ring substituents is 1. The molecule has 1 rings (SSSR count). The first-order valence-corrected chi connectivity index (χ1v) is 5.43. The zero-order valence-corrected chi connectivity index (χ0v) is 10.2. The molecule has 0 saturated carbocycles. The van der Waals surface area contributed by atoms with Gasteiger partial charge in [-0.2, -0.15) is 0 Å². The van der Waals surface area contributed by atoms with Crippen LogP contribution in [0, 0.1) is 10.1 Å². The maximum absolute atomic E-state index is 11.6. The van der Waals surface area contributed by atoms with Crippen LogP contribution in [0.15, 0.2) is 36.5 Å². The van der Waals surface area contributed by atoms with E-state index in [2.05, 4.69) is 10.1 Å². The summed E-state index contributed by atoms with van der Waals surface area (Å²) in [5.41, 5.74) is -0.0512. The van der Waals surface area contributed by atoms with E-state index in [0.717, 1.165) is 18.3 Å². The van der Waals surface area contributed by atoms with Crippen molar-refractivity contribution in [3.05, 3.63) is 52.2 Å². The number of non-ortho nitro benzene ring substituents is 1. The van der Waals surface area contributed by atoms with Gasteiger partial charge in [0.2, 0.25) is 0 Å². The van der Waals surface area contributed by atoms with Crippen LogP contribution in [0.4, 0.5) is 5.69 Å². The number of nitrogens with one attached hydrogen (secondary N) is 1. The number of rotatable bonds is 5. The average molecular weight is 264 g/mol. The van der Waals surface area contributed by atoms with Gasteiger partial charge in [-0.25, -0.2) is 4.79 Å². The Morgan fingerprint density at radius 3 is 2.84 bits per heavy atom. The second-order valence-corrected chi connectivity index (χ2v) is 3.37. The average Bonchev–Trinajstić information content (AvgIpc) is 2.39. The van der Waals surface area contributed by atoms with E-state index >= 15 is 0 Å². The molecule has 0 spiro atoms. The number of amides is 1. The Labute approximate surface area is 109 Å². The van der Waals surface area contributed by atoms with Crippen molar-refractivity contribution < 1.29 is 19.2 Å². The van der Waals surface area contributed by atoms with Gasteiger partial charge in [-0.1, -0.05) is 6.07 Å². The summed E-state index contributed by atoms with van der Waals surface area (Å²) in [6.07, 6.45) is 2.18. The third-order valence-corrected chi connectivity index (χ3v) is 2.04. The second-order valence-electron chi connectivity index (χ2n) is 3.37. The number of carbonyl (C=O) groups is 2. The fourth-order valence-electron chi connectivity index (χ4n) is 1.22. The Hall–Kier alpha value is -2.70. The van der Waals surface area contributed by atoms with E-state index in [1.807, 2.05) is 0 Å². The minimum Gasteiger partial charge on any atom is -0.463 e. The molecule has 1 amide bonds. The summed E-state index contributed by atoms with van der Waals surface area (Å²) in [5.74, 6) is -1.13. The number of hydrogen-bond donors (Lipinski definition) is 1. The SMILES string of the molecule is CCOC(=O)/C=C\NC(=O)c1cccc([N+](=O)[O-])c1. The molecular formula is C12H12N2O5. The molecule has 0 atom stereocenters. The topological polar surface area (TPSA) is 98.5 Å². The van der Waals surface area contributed by atoms with E-state index in [-0.39, 0.29) is 17.9 Å². The molecule has 1 N–H and O–H groups in total. The van der Waals surface area contributed by atoms with Crippen LogP contribution in [0.5, 0.6) is 0 Å². The Morgan fingerprint density at radius 1 is 1.47 bits per heavy atom. The molecule has 0 saturated heterocycles. The van der Waals surface area contributed by atoms with Crippen molar-refractivity contribution in [2.45, 2.75) is 6.92 Å². The predicted molar refractivity (Wildman–Crippen MR) is 66.3 cm³/mol. The number of benzene rings is 1. The highest BCUT2D eigenvalue weighted by Crippen LogP contribution is 2.12. The highest BCUT2D eigenvalue weighted by Gasteiger charge is 2.10. The Balaban J connectivity index is 2.66. The molecule has 0 aromatic heterocycles. The largest absolute Gasteiger partial charge is 0.463 e. The van der Waals surface area contributed by atoms with Crippen LogP contribution in [0.2, 0.25) is 0 Å². The van der Waals surface area contributed by atoms with E-state index in [9.17, 15) is 19.7 Å². The van der Waals surface area contributed by atoms with Gasteiger partial charge < -0.3 is 10.1 Å². The van der Waals surface area contributed by atoms with Gasteiger partial charge in [-0.05, 0) is 13.0 Å². The lowest BCUT2D eigenvalue weighted by Crippen LogP contribution is -2.17.